The molecule has 0 aromatic rings. The van der Waals surface area contributed by atoms with Crippen molar-refractivity contribution < 1.29 is 4.79 Å². The number of nitrogens with one attached hydrogen (secondary N) is 1. The van der Waals surface area contributed by atoms with Gasteiger partial charge in [-0.15, -0.1) is 0 Å². The topological polar surface area (TPSA) is 32.3 Å². The molecule has 0 aliphatic heterocycles. The van der Waals surface area contributed by atoms with Gasteiger partial charge in [0.2, 0.25) is 5.91 Å². The molecule has 0 fully saturated rings. The van der Waals surface area contributed by atoms with Gasteiger partial charge in [-0.05, 0) is 26.7 Å². The van der Waals surface area contributed by atoms with Gasteiger partial charge in [-0.25, -0.2) is 0 Å². The van der Waals surface area contributed by atoms with E-state index in [0.717, 1.165) is 25.9 Å². The zero-order chi connectivity index (χ0) is 11.0. The molecule has 0 aliphatic carbocycles. The van der Waals surface area contributed by atoms with Crippen LogP contribution in [0.3, 0.4) is 0 Å². The minimum Gasteiger partial charge on any atom is -0.342 e. The fraction of sp³-hybridized carbons (Fsp3) is 0.909. The van der Waals surface area contributed by atoms with E-state index in [9.17, 15) is 4.79 Å². The molecule has 0 saturated heterocycles. The summed E-state index contributed by atoms with van der Waals surface area (Å²) in [5, 5.41) is 3.28. The summed E-state index contributed by atoms with van der Waals surface area (Å²) in [5.41, 5.74) is 0. The molecule has 0 bridgehead atoms. The molecule has 84 valence electrons. The number of rotatable bonds is 7. The van der Waals surface area contributed by atoms with Crippen LogP contribution in [0.4, 0.5) is 0 Å². The lowest BCUT2D eigenvalue weighted by atomic mass is 10.2. The zero-order valence-electron chi connectivity index (χ0n) is 9.97. The fourth-order valence-corrected chi connectivity index (χ4v) is 1.50. The Morgan fingerprint density at radius 2 is 1.64 bits per heavy atom. The van der Waals surface area contributed by atoms with E-state index in [1.165, 1.54) is 0 Å². The molecular formula is C11H24N2O. The Labute approximate surface area is 87.9 Å². The van der Waals surface area contributed by atoms with Crippen LogP contribution < -0.4 is 5.32 Å². The molecule has 1 amide bonds. The van der Waals surface area contributed by atoms with Crippen LogP contribution in [0.2, 0.25) is 0 Å². The second-order valence-electron chi connectivity index (χ2n) is 3.46. The van der Waals surface area contributed by atoms with Crippen molar-refractivity contribution in [3.8, 4) is 0 Å². The summed E-state index contributed by atoms with van der Waals surface area (Å²) in [4.78, 5) is 13.5. The Morgan fingerprint density at radius 1 is 1.14 bits per heavy atom. The number of carbonyl (C=O) groups excluding carboxylic acids is 1. The van der Waals surface area contributed by atoms with Crippen LogP contribution in [-0.2, 0) is 4.79 Å². The summed E-state index contributed by atoms with van der Waals surface area (Å²) in [6.45, 7) is 10.4. The first-order chi connectivity index (χ1) is 6.69. The van der Waals surface area contributed by atoms with E-state index in [0.29, 0.717) is 12.6 Å². The molecule has 0 atom stereocenters. The maximum Gasteiger partial charge on any atom is 0.236 e. The maximum atomic E-state index is 11.6. The van der Waals surface area contributed by atoms with Crippen molar-refractivity contribution in [2.24, 2.45) is 0 Å². The van der Waals surface area contributed by atoms with Crippen LogP contribution in [0, 0.1) is 0 Å². The third-order valence-corrected chi connectivity index (χ3v) is 2.64. The number of amides is 1. The van der Waals surface area contributed by atoms with Gasteiger partial charge in [-0.3, -0.25) is 4.79 Å². The molecule has 0 saturated carbocycles. The lowest BCUT2D eigenvalue weighted by molar-refractivity contribution is -0.130. The minimum atomic E-state index is 0.210. The van der Waals surface area contributed by atoms with Crippen LogP contribution in [-0.4, -0.2) is 36.5 Å². The van der Waals surface area contributed by atoms with Crippen LogP contribution in [0.15, 0.2) is 0 Å². The number of hydrogen-bond donors (Lipinski definition) is 1. The summed E-state index contributed by atoms with van der Waals surface area (Å²) in [6, 6.07) is 0.481. The highest BCUT2D eigenvalue weighted by Crippen LogP contribution is 1.96. The van der Waals surface area contributed by atoms with Crippen molar-refractivity contribution in [3.63, 3.8) is 0 Å². The van der Waals surface area contributed by atoms with Crippen molar-refractivity contribution in [1.29, 1.82) is 0 Å². The average Bonchev–Trinajstić information content (AvgIpc) is 2.21. The molecule has 1 N–H and O–H groups in total. The third-order valence-electron chi connectivity index (χ3n) is 2.64. The molecule has 0 aromatic carbocycles. The van der Waals surface area contributed by atoms with Crippen LogP contribution in [0.5, 0.6) is 0 Å². The summed E-state index contributed by atoms with van der Waals surface area (Å²) in [5.74, 6) is 0.210. The summed E-state index contributed by atoms with van der Waals surface area (Å²) in [7, 11) is 0. The van der Waals surface area contributed by atoms with Crippen molar-refractivity contribution in [1.82, 2.24) is 10.2 Å². The lowest BCUT2D eigenvalue weighted by Crippen LogP contribution is -2.41. The highest BCUT2D eigenvalue weighted by Gasteiger charge is 2.10. The van der Waals surface area contributed by atoms with E-state index in [-0.39, 0.29) is 5.91 Å². The van der Waals surface area contributed by atoms with E-state index in [1.54, 1.807) is 0 Å². The van der Waals surface area contributed by atoms with Gasteiger partial charge in [0.15, 0.2) is 0 Å². The van der Waals surface area contributed by atoms with Gasteiger partial charge < -0.3 is 10.2 Å². The van der Waals surface area contributed by atoms with Gasteiger partial charge in [0.1, 0.15) is 0 Å². The standard InChI is InChI=1S/C11H24N2O/c1-5-10(6-2)12-9-11(14)13(7-3)8-4/h10,12H,5-9H2,1-4H3. The Bertz CT molecular complexity index is 151. The highest BCUT2D eigenvalue weighted by molar-refractivity contribution is 5.78. The molecule has 0 heterocycles. The predicted octanol–water partition coefficient (Wildman–Crippen LogP) is 1.63. The van der Waals surface area contributed by atoms with Gasteiger partial charge in [-0.1, -0.05) is 13.8 Å². The molecule has 0 rings (SSSR count). The van der Waals surface area contributed by atoms with Gasteiger partial charge in [-0.2, -0.15) is 0 Å². The zero-order valence-corrected chi connectivity index (χ0v) is 9.97. The normalized spacial score (nSPS) is 10.6. The Morgan fingerprint density at radius 3 is 2.00 bits per heavy atom. The molecule has 0 spiro atoms. The molecule has 0 unspecified atom stereocenters. The van der Waals surface area contributed by atoms with Crippen molar-refractivity contribution in [3.05, 3.63) is 0 Å². The second kappa shape index (κ2) is 7.80. The molecule has 0 radical (unpaired) electrons. The van der Waals surface area contributed by atoms with E-state index < -0.39 is 0 Å². The first-order valence-electron chi connectivity index (χ1n) is 5.70. The number of carbonyl (C=O) groups is 1. The van der Waals surface area contributed by atoms with E-state index in [2.05, 4.69) is 19.2 Å². The molecule has 14 heavy (non-hydrogen) atoms. The van der Waals surface area contributed by atoms with Gasteiger partial charge >= 0.3 is 0 Å². The van der Waals surface area contributed by atoms with Crippen molar-refractivity contribution in [2.75, 3.05) is 19.6 Å². The fourth-order valence-electron chi connectivity index (χ4n) is 1.50. The van der Waals surface area contributed by atoms with Gasteiger partial charge in [0.25, 0.3) is 0 Å². The highest BCUT2D eigenvalue weighted by atomic mass is 16.2. The Balaban J connectivity index is 3.81. The SMILES string of the molecule is CCC(CC)NCC(=O)N(CC)CC. The molecule has 0 aliphatic rings. The largest absolute Gasteiger partial charge is 0.342 e. The monoisotopic (exact) mass is 200 g/mol. The minimum absolute atomic E-state index is 0.210. The van der Waals surface area contributed by atoms with Crippen LogP contribution in [0.25, 0.3) is 0 Å². The summed E-state index contributed by atoms with van der Waals surface area (Å²) in [6.07, 6.45) is 2.17. The lowest BCUT2D eigenvalue weighted by Gasteiger charge is -2.21. The number of likely N-dealkylation sites (N-methyl/N-ethyl adjacent to an activating group) is 1. The van der Waals surface area contributed by atoms with Crippen LogP contribution >= 0.6 is 0 Å². The Hall–Kier alpha value is -0.570. The summed E-state index contributed by atoms with van der Waals surface area (Å²) < 4.78 is 0. The van der Waals surface area contributed by atoms with Crippen molar-refractivity contribution in [2.45, 2.75) is 46.6 Å². The molecule has 0 aromatic heterocycles. The van der Waals surface area contributed by atoms with Gasteiger partial charge in [0, 0.05) is 19.1 Å². The van der Waals surface area contributed by atoms with E-state index in [4.69, 9.17) is 0 Å². The smallest absolute Gasteiger partial charge is 0.236 e. The number of nitrogens with zero attached hydrogens (tertiary/aromatic N) is 1. The first kappa shape index (κ1) is 13.4. The average molecular weight is 200 g/mol. The molecule has 3 nitrogen and oxygen atoms in total. The first-order valence-corrected chi connectivity index (χ1v) is 5.70. The maximum absolute atomic E-state index is 11.6. The number of hydrogen-bond acceptors (Lipinski definition) is 2. The third kappa shape index (κ3) is 4.61. The second-order valence-corrected chi connectivity index (χ2v) is 3.46. The predicted molar refractivity (Wildman–Crippen MR) is 60.3 cm³/mol. The van der Waals surface area contributed by atoms with E-state index in [1.807, 2.05) is 18.7 Å². The molecular weight excluding hydrogens is 176 g/mol. The molecule has 3 heteroatoms. The Kier molecular flexibility index (Phi) is 7.48. The van der Waals surface area contributed by atoms with E-state index >= 15 is 0 Å². The van der Waals surface area contributed by atoms with Crippen LogP contribution in [0.1, 0.15) is 40.5 Å². The van der Waals surface area contributed by atoms with Gasteiger partial charge in [0.05, 0.1) is 6.54 Å². The summed E-state index contributed by atoms with van der Waals surface area (Å²) >= 11 is 0. The van der Waals surface area contributed by atoms with Crippen molar-refractivity contribution >= 4 is 5.91 Å². The quantitative estimate of drug-likeness (QED) is 0.677.